The molecule has 7 nitrogen and oxygen atoms in total. The molecule has 3 rings (SSSR count). The highest BCUT2D eigenvalue weighted by atomic mass is 32.2. The molecule has 0 aliphatic heterocycles. The molecule has 8 heteroatoms. The lowest BCUT2D eigenvalue weighted by atomic mass is 10.2. The number of para-hydroxylation sites is 1. The second-order valence-corrected chi connectivity index (χ2v) is 7.70. The molecule has 0 saturated carbocycles. The lowest BCUT2D eigenvalue weighted by Crippen LogP contribution is -2.28. The Morgan fingerprint density at radius 2 is 1.81 bits per heavy atom. The maximum absolute atomic E-state index is 12.1. The van der Waals surface area contributed by atoms with Gasteiger partial charge in [0.15, 0.2) is 9.84 Å². The van der Waals surface area contributed by atoms with Gasteiger partial charge in [-0.05, 0) is 42.0 Å². The van der Waals surface area contributed by atoms with Crippen LogP contribution in [0, 0.1) is 0 Å². The van der Waals surface area contributed by atoms with Gasteiger partial charge in [0.2, 0.25) is 0 Å². The number of hydrogen-bond donors (Lipinski definition) is 2. The molecule has 2 amide bonds. The van der Waals surface area contributed by atoms with Gasteiger partial charge in [-0.2, -0.15) is 5.10 Å². The summed E-state index contributed by atoms with van der Waals surface area (Å²) in [6.45, 7) is 0.323. The van der Waals surface area contributed by atoms with Crippen LogP contribution in [0.25, 0.3) is 5.69 Å². The second kappa shape index (κ2) is 7.40. The second-order valence-electron chi connectivity index (χ2n) is 5.68. The first-order valence-corrected chi connectivity index (χ1v) is 9.75. The Morgan fingerprint density at radius 1 is 1.08 bits per heavy atom. The quantitative estimate of drug-likeness (QED) is 0.722. The standard InChI is InChI=1S/C18H18N4O3S/c1-26(24,25)16-9-7-15(8-10-16)21-18(23)19-13-14-5-2-3-6-17(14)22-12-4-11-20-22/h2-12H,13H2,1H3,(H2,19,21,23). The molecule has 1 heterocycles. The molecule has 0 unspecified atom stereocenters. The van der Waals surface area contributed by atoms with Crippen molar-refractivity contribution in [2.45, 2.75) is 11.4 Å². The topological polar surface area (TPSA) is 93.1 Å². The Balaban J connectivity index is 1.63. The maximum atomic E-state index is 12.1. The Hall–Kier alpha value is -3.13. The van der Waals surface area contributed by atoms with Crippen LogP contribution in [-0.2, 0) is 16.4 Å². The lowest BCUT2D eigenvalue weighted by Gasteiger charge is -2.11. The minimum Gasteiger partial charge on any atom is -0.334 e. The minimum atomic E-state index is -3.26. The van der Waals surface area contributed by atoms with E-state index in [0.29, 0.717) is 12.2 Å². The number of carbonyl (C=O) groups excluding carboxylic acids is 1. The number of anilines is 1. The zero-order chi connectivity index (χ0) is 18.6. The van der Waals surface area contributed by atoms with Gasteiger partial charge < -0.3 is 10.6 Å². The molecule has 2 N–H and O–H groups in total. The summed E-state index contributed by atoms with van der Waals surface area (Å²) in [5, 5.41) is 9.67. The van der Waals surface area contributed by atoms with Crippen LogP contribution < -0.4 is 10.6 Å². The number of hydrogen-bond acceptors (Lipinski definition) is 4. The van der Waals surface area contributed by atoms with Crippen LogP contribution >= 0.6 is 0 Å². The fraction of sp³-hybridized carbons (Fsp3) is 0.111. The van der Waals surface area contributed by atoms with Gasteiger partial charge in [-0.3, -0.25) is 0 Å². The van der Waals surface area contributed by atoms with Crippen molar-refractivity contribution in [2.24, 2.45) is 0 Å². The van der Waals surface area contributed by atoms with E-state index in [0.717, 1.165) is 17.5 Å². The van der Waals surface area contributed by atoms with Crippen LogP contribution in [0.3, 0.4) is 0 Å². The van der Waals surface area contributed by atoms with E-state index in [4.69, 9.17) is 0 Å². The zero-order valence-electron chi connectivity index (χ0n) is 14.1. The van der Waals surface area contributed by atoms with Crippen molar-refractivity contribution in [1.29, 1.82) is 0 Å². The Kier molecular flexibility index (Phi) is 5.04. The smallest absolute Gasteiger partial charge is 0.319 e. The number of rotatable bonds is 5. The molecule has 0 fully saturated rings. The van der Waals surface area contributed by atoms with Crippen LogP contribution in [0.2, 0.25) is 0 Å². The molecule has 0 spiro atoms. The van der Waals surface area contributed by atoms with Crippen LogP contribution in [0.4, 0.5) is 10.5 Å². The van der Waals surface area contributed by atoms with Crippen molar-refractivity contribution in [3.8, 4) is 5.69 Å². The maximum Gasteiger partial charge on any atom is 0.319 e. The van der Waals surface area contributed by atoms with Crippen LogP contribution in [0.15, 0.2) is 71.9 Å². The Morgan fingerprint density at radius 3 is 2.46 bits per heavy atom. The summed E-state index contributed by atoms with van der Waals surface area (Å²) < 4.78 is 24.6. The number of benzene rings is 2. The summed E-state index contributed by atoms with van der Waals surface area (Å²) in [4.78, 5) is 12.3. The summed E-state index contributed by atoms with van der Waals surface area (Å²) in [6.07, 6.45) is 4.67. The van der Waals surface area contributed by atoms with Crippen LogP contribution in [-0.4, -0.2) is 30.5 Å². The molecule has 2 aromatic carbocycles. The van der Waals surface area contributed by atoms with E-state index in [1.54, 1.807) is 23.0 Å². The monoisotopic (exact) mass is 370 g/mol. The zero-order valence-corrected chi connectivity index (χ0v) is 14.9. The van der Waals surface area contributed by atoms with Gasteiger partial charge in [0.05, 0.1) is 10.6 Å². The van der Waals surface area contributed by atoms with Gasteiger partial charge in [0.25, 0.3) is 0 Å². The third-order valence-electron chi connectivity index (χ3n) is 3.72. The number of urea groups is 1. The van der Waals surface area contributed by atoms with Gasteiger partial charge in [0.1, 0.15) is 0 Å². The fourth-order valence-electron chi connectivity index (χ4n) is 2.43. The number of carbonyl (C=O) groups is 1. The third kappa shape index (κ3) is 4.28. The molecule has 3 aromatic rings. The number of sulfone groups is 1. The summed E-state index contributed by atoms with van der Waals surface area (Å²) in [7, 11) is -3.26. The highest BCUT2D eigenvalue weighted by Gasteiger charge is 2.09. The molecular weight excluding hydrogens is 352 g/mol. The lowest BCUT2D eigenvalue weighted by molar-refractivity contribution is 0.251. The number of nitrogens with zero attached hydrogens (tertiary/aromatic N) is 2. The third-order valence-corrected chi connectivity index (χ3v) is 4.85. The van der Waals surface area contributed by atoms with E-state index in [2.05, 4.69) is 15.7 Å². The van der Waals surface area contributed by atoms with Gasteiger partial charge in [-0.25, -0.2) is 17.9 Å². The van der Waals surface area contributed by atoms with E-state index in [1.807, 2.05) is 36.5 Å². The summed E-state index contributed by atoms with van der Waals surface area (Å²) >= 11 is 0. The highest BCUT2D eigenvalue weighted by molar-refractivity contribution is 7.90. The van der Waals surface area contributed by atoms with Crippen molar-refractivity contribution in [1.82, 2.24) is 15.1 Å². The van der Waals surface area contributed by atoms with Crippen molar-refractivity contribution in [3.05, 3.63) is 72.6 Å². The highest BCUT2D eigenvalue weighted by Crippen LogP contribution is 2.15. The number of nitrogens with one attached hydrogen (secondary N) is 2. The molecule has 0 atom stereocenters. The van der Waals surface area contributed by atoms with Gasteiger partial charge in [-0.15, -0.1) is 0 Å². The molecule has 0 radical (unpaired) electrons. The number of amides is 2. The molecule has 0 bridgehead atoms. The fourth-order valence-corrected chi connectivity index (χ4v) is 3.06. The molecule has 134 valence electrons. The molecule has 0 aliphatic carbocycles. The van der Waals surface area contributed by atoms with Crippen molar-refractivity contribution >= 4 is 21.6 Å². The van der Waals surface area contributed by atoms with E-state index in [9.17, 15) is 13.2 Å². The Labute approximate surface area is 151 Å². The normalized spacial score (nSPS) is 11.1. The summed E-state index contributed by atoms with van der Waals surface area (Å²) in [5.41, 5.74) is 2.31. The van der Waals surface area contributed by atoms with E-state index in [1.165, 1.54) is 12.1 Å². The van der Waals surface area contributed by atoms with E-state index < -0.39 is 9.84 Å². The van der Waals surface area contributed by atoms with Crippen molar-refractivity contribution in [3.63, 3.8) is 0 Å². The van der Waals surface area contributed by atoms with Gasteiger partial charge in [0, 0.05) is 30.9 Å². The van der Waals surface area contributed by atoms with Crippen LogP contribution in [0.5, 0.6) is 0 Å². The first kappa shape index (κ1) is 17.7. The van der Waals surface area contributed by atoms with Gasteiger partial charge in [-0.1, -0.05) is 18.2 Å². The predicted molar refractivity (Wildman–Crippen MR) is 99.0 cm³/mol. The average Bonchev–Trinajstić information content (AvgIpc) is 3.14. The van der Waals surface area contributed by atoms with Crippen molar-refractivity contribution < 1.29 is 13.2 Å². The molecule has 1 aromatic heterocycles. The van der Waals surface area contributed by atoms with Gasteiger partial charge >= 0.3 is 6.03 Å². The van der Waals surface area contributed by atoms with Crippen molar-refractivity contribution in [2.75, 3.05) is 11.6 Å². The first-order valence-electron chi connectivity index (χ1n) is 7.86. The predicted octanol–water partition coefficient (Wildman–Crippen LogP) is 2.60. The molecule has 0 saturated heterocycles. The summed E-state index contributed by atoms with van der Waals surface area (Å²) in [5.74, 6) is 0. The summed E-state index contributed by atoms with van der Waals surface area (Å²) in [6, 6.07) is 15.1. The molecule has 0 aliphatic rings. The van der Waals surface area contributed by atoms with E-state index >= 15 is 0 Å². The SMILES string of the molecule is CS(=O)(=O)c1ccc(NC(=O)NCc2ccccc2-n2cccn2)cc1. The minimum absolute atomic E-state index is 0.205. The first-order chi connectivity index (χ1) is 12.4. The molecular formula is C18H18N4O3S. The van der Waals surface area contributed by atoms with Crippen LogP contribution in [0.1, 0.15) is 5.56 Å². The molecule has 26 heavy (non-hydrogen) atoms. The number of aromatic nitrogens is 2. The largest absolute Gasteiger partial charge is 0.334 e. The Bertz CT molecular complexity index is 997. The average molecular weight is 370 g/mol. The van der Waals surface area contributed by atoms with E-state index in [-0.39, 0.29) is 10.9 Å².